The summed E-state index contributed by atoms with van der Waals surface area (Å²) < 4.78 is 54.1. The SMILES string of the molecule is C=C1C(=O)O[C@H]2C[C@H]3[C@@H]4CC=C5C[C@@H](O[C@@H]6O[C@H](CO)[C@@H](O[C@@H]7O[C@@H](C)[C@H](O[C@@H]8O[C@@H](C)[C@H](O)[C@@H](O)[C@H]8O)[C@@H](O)[C@H]7O)[C@H](O)[C@H]6O[C@@H]6O[C@@H](C)[C@H](O)[C@@H](O)[C@H]6O)CC[C@]5(C)[C@H]4CC[C@]3(C)[C@@H]12. The van der Waals surface area contributed by atoms with Crippen molar-refractivity contribution < 1.29 is 98.5 Å². The number of esters is 1. The number of fused-ring (bicyclic) bond motifs is 7. The Hall–Kier alpha value is -1.77. The first-order chi connectivity index (χ1) is 31.2. The van der Waals surface area contributed by atoms with Gasteiger partial charge in [0, 0.05) is 11.5 Å². The maximum absolute atomic E-state index is 12.5. The molecule has 0 radical (unpaired) electrons. The van der Waals surface area contributed by atoms with Crippen LogP contribution in [0.3, 0.4) is 0 Å². The Bertz CT molecular complexity index is 1820. The molecule has 0 aromatic carbocycles. The molecule has 8 fully saturated rings. The zero-order valence-electron chi connectivity index (χ0n) is 38.0. The van der Waals surface area contributed by atoms with E-state index in [1.54, 1.807) is 0 Å². The molecule has 28 atom stereocenters. The summed E-state index contributed by atoms with van der Waals surface area (Å²) in [7, 11) is 0. The predicted molar refractivity (Wildman–Crippen MR) is 222 cm³/mol. The average molecular weight is 943 g/mol. The van der Waals surface area contributed by atoms with Crippen molar-refractivity contribution in [3.63, 3.8) is 0 Å². The lowest BCUT2D eigenvalue weighted by atomic mass is 9.47. The lowest BCUT2D eigenvalue weighted by Gasteiger charge is -2.58. The molecule has 0 unspecified atom stereocenters. The number of aliphatic hydroxyl groups excluding tert-OH is 10. The highest BCUT2D eigenvalue weighted by atomic mass is 16.8. The van der Waals surface area contributed by atoms with E-state index in [1.807, 2.05) is 0 Å². The monoisotopic (exact) mass is 942 g/mol. The maximum Gasteiger partial charge on any atom is 0.334 e. The molecule has 374 valence electrons. The zero-order valence-corrected chi connectivity index (χ0v) is 38.0. The Morgan fingerprint density at radius 2 is 1.23 bits per heavy atom. The number of hydrogen-bond acceptors (Lipinski definition) is 20. The number of carbonyl (C=O) groups excluding carboxylic acids is 1. The van der Waals surface area contributed by atoms with Crippen LogP contribution in [-0.2, 0) is 47.4 Å². The van der Waals surface area contributed by atoms with Crippen molar-refractivity contribution in [1.82, 2.24) is 0 Å². The van der Waals surface area contributed by atoms with Gasteiger partial charge in [-0.3, -0.25) is 0 Å². The van der Waals surface area contributed by atoms with Gasteiger partial charge in [0.05, 0.1) is 31.0 Å². The predicted octanol–water partition coefficient (Wildman–Crippen LogP) is -1.60. The molecule has 0 aromatic rings. The highest BCUT2D eigenvalue weighted by molar-refractivity contribution is 5.91. The van der Waals surface area contributed by atoms with E-state index in [0.717, 1.165) is 32.1 Å². The van der Waals surface area contributed by atoms with E-state index in [9.17, 15) is 55.9 Å². The average Bonchev–Trinajstić information content (AvgIpc) is 3.75. The molecule has 20 nitrogen and oxygen atoms in total. The Labute approximate surface area is 383 Å². The van der Waals surface area contributed by atoms with Gasteiger partial charge in [0.25, 0.3) is 0 Å². The fourth-order valence-electron chi connectivity index (χ4n) is 13.5. The van der Waals surface area contributed by atoms with Crippen molar-refractivity contribution in [1.29, 1.82) is 0 Å². The zero-order chi connectivity index (χ0) is 47.5. The second-order valence-electron chi connectivity index (χ2n) is 21.1. The second-order valence-corrected chi connectivity index (χ2v) is 21.1. The first kappa shape index (κ1) is 49.2. The summed E-state index contributed by atoms with van der Waals surface area (Å²) in [6, 6.07) is 0. The summed E-state index contributed by atoms with van der Waals surface area (Å²) in [6.07, 6.45) is -22.5. The molecule has 9 aliphatic rings. The number of hydrogen-bond donors (Lipinski definition) is 10. The van der Waals surface area contributed by atoms with Crippen LogP contribution in [0, 0.1) is 34.5 Å². The first-order valence-corrected chi connectivity index (χ1v) is 23.7. The molecular weight excluding hydrogens is 872 g/mol. The molecule has 0 amide bonds. The van der Waals surface area contributed by atoms with Crippen molar-refractivity contribution in [2.45, 2.75) is 215 Å². The minimum atomic E-state index is -1.86. The highest BCUT2D eigenvalue weighted by Crippen LogP contribution is 2.68. The quantitative estimate of drug-likeness (QED) is 0.0707. The Morgan fingerprint density at radius 1 is 0.652 bits per heavy atom. The molecule has 20 heteroatoms. The first-order valence-electron chi connectivity index (χ1n) is 23.7. The fraction of sp³-hybridized carbons (Fsp3) is 0.891. The molecule has 3 saturated carbocycles. The highest BCUT2D eigenvalue weighted by Gasteiger charge is 2.65. The standard InChI is InChI=1S/C46H70O20/c1-16-27-25(62-40(16)57)14-24-22-8-7-20-13-21(9-11-45(20,5)23(22)10-12-46(24,27)6)61-44-39(66-42-34(54)31(51)29(49)18(3)59-42)36(56)38(26(15-47)63-44)65-43-35(55)32(52)37(19(4)60-43)64-41-33(53)30(50)28(48)17(2)58-41/h7,17-19,21-39,41-44,47-56H,1,8-15H2,2-6H3/t17-,18-,19-,21-,22+,23-,24-,25-,26+,27-,28-,29-,30+,31+,32-,33+,34+,35+,36-,37-,38+,39+,41-,42-,43-,44+,45-,46-/m0/s1. The van der Waals surface area contributed by atoms with E-state index in [4.69, 9.17) is 42.6 Å². The topological polar surface area (TPSA) is 302 Å². The number of aliphatic hydroxyl groups is 10. The van der Waals surface area contributed by atoms with Gasteiger partial charge in [0.2, 0.25) is 0 Å². The van der Waals surface area contributed by atoms with Crippen LogP contribution in [0.4, 0.5) is 0 Å². The van der Waals surface area contributed by atoms with Crippen molar-refractivity contribution in [3.05, 3.63) is 23.8 Å². The van der Waals surface area contributed by atoms with Gasteiger partial charge in [-0.2, -0.15) is 0 Å². The molecule has 66 heavy (non-hydrogen) atoms. The van der Waals surface area contributed by atoms with Crippen LogP contribution in [0.25, 0.3) is 0 Å². The summed E-state index contributed by atoms with van der Waals surface area (Å²) in [5.74, 6) is 0.991. The van der Waals surface area contributed by atoms with Gasteiger partial charge in [-0.25, -0.2) is 4.79 Å². The van der Waals surface area contributed by atoms with Crippen LogP contribution in [0.5, 0.6) is 0 Å². The maximum atomic E-state index is 12.5. The number of ether oxygens (including phenoxy) is 9. The molecule has 4 aliphatic carbocycles. The lowest BCUT2D eigenvalue weighted by Crippen LogP contribution is -2.67. The lowest BCUT2D eigenvalue weighted by molar-refractivity contribution is -0.394. The molecule has 0 bridgehead atoms. The molecule has 10 N–H and O–H groups in total. The van der Waals surface area contributed by atoms with E-state index in [2.05, 4.69) is 26.5 Å². The molecule has 5 saturated heterocycles. The Balaban J connectivity index is 0.909. The number of rotatable bonds is 9. The van der Waals surface area contributed by atoms with Crippen molar-refractivity contribution >= 4 is 5.97 Å². The van der Waals surface area contributed by atoms with Crippen molar-refractivity contribution in [3.8, 4) is 0 Å². The Morgan fingerprint density at radius 3 is 1.85 bits per heavy atom. The van der Waals surface area contributed by atoms with Crippen molar-refractivity contribution in [2.24, 2.45) is 34.5 Å². The van der Waals surface area contributed by atoms with Gasteiger partial charge in [-0.15, -0.1) is 0 Å². The van der Waals surface area contributed by atoms with Gasteiger partial charge < -0.3 is 93.7 Å². The second kappa shape index (κ2) is 18.4. The van der Waals surface area contributed by atoms with Crippen LogP contribution in [0.15, 0.2) is 23.8 Å². The summed E-state index contributed by atoms with van der Waals surface area (Å²) in [6.45, 7) is 12.5. The van der Waals surface area contributed by atoms with Crippen LogP contribution >= 0.6 is 0 Å². The largest absolute Gasteiger partial charge is 0.458 e. The summed E-state index contributed by atoms with van der Waals surface area (Å²) in [5, 5.41) is 108. The third kappa shape index (κ3) is 8.15. The van der Waals surface area contributed by atoms with Crippen LogP contribution in [0.2, 0.25) is 0 Å². The minimum Gasteiger partial charge on any atom is -0.458 e. The normalized spacial score (nSPS) is 56.1. The van der Waals surface area contributed by atoms with E-state index in [0.29, 0.717) is 36.2 Å². The van der Waals surface area contributed by atoms with E-state index in [-0.39, 0.29) is 28.8 Å². The van der Waals surface area contributed by atoms with E-state index in [1.165, 1.54) is 26.3 Å². The summed E-state index contributed by atoms with van der Waals surface area (Å²) >= 11 is 0. The van der Waals surface area contributed by atoms with Crippen LogP contribution in [-0.4, -0.2) is 199 Å². The molecular formula is C46H70O20. The molecule has 0 spiro atoms. The van der Waals surface area contributed by atoms with Gasteiger partial charge in [-0.1, -0.05) is 32.1 Å². The van der Waals surface area contributed by atoms with Gasteiger partial charge in [0.1, 0.15) is 85.5 Å². The van der Waals surface area contributed by atoms with Crippen LogP contribution < -0.4 is 0 Å². The van der Waals surface area contributed by atoms with Gasteiger partial charge >= 0.3 is 5.97 Å². The molecule has 0 aromatic heterocycles. The van der Waals surface area contributed by atoms with Crippen molar-refractivity contribution in [2.75, 3.05) is 6.61 Å². The van der Waals surface area contributed by atoms with Gasteiger partial charge in [-0.05, 0) is 94.3 Å². The molecule has 5 heterocycles. The minimum absolute atomic E-state index is 0.0429. The Kier molecular flexibility index (Phi) is 13.8. The molecule has 5 aliphatic heterocycles. The number of allylic oxidation sites excluding steroid dienone is 1. The van der Waals surface area contributed by atoms with Crippen LogP contribution in [0.1, 0.15) is 79.6 Å². The van der Waals surface area contributed by atoms with Gasteiger partial charge in [0.15, 0.2) is 25.2 Å². The van der Waals surface area contributed by atoms with E-state index < -0.39 is 136 Å². The van der Waals surface area contributed by atoms with E-state index >= 15 is 0 Å². The third-order valence-electron chi connectivity index (χ3n) is 17.4. The molecule has 9 rings (SSSR count). The summed E-state index contributed by atoms with van der Waals surface area (Å²) in [5.41, 5.74) is 1.69. The summed E-state index contributed by atoms with van der Waals surface area (Å²) in [4.78, 5) is 12.5. The smallest absolute Gasteiger partial charge is 0.334 e. The fourth-order valence-corrected chi connectivity index (χ4v) is 13.5. The third-order valence-corrected chi connectivity index (χ3v) is 17.4. The number of carbonyl (C=O) groups is 1.